The van der Waals surface area contributed by atoms with Gasteiger partial charge in [0.05, 0.1) is 5.69 Å². The second-order valence-corrected chi connectivity index (χ2v) is 3.54. The second kappa shape index (κ2) is 4.92. The largest absolute Gasteiger partial charge is 0.382 e. The number of benzene rings is 1. The maximum atomic E-state index is 13.3. The van der Waals surface area contributed by atoms with E-state index in [0.717, 1.165) is 0 Å². The molecule has 1 amide bonds. The van der Waals surface area contributed by atoms with E-state index in [1.54, 1.807) is 0 Å². The van der Waals surface area contributed by atoms with Gasteiger partial charge < -0.3 is 11.1 Å². The Morgan fingerprint density at radius 1 is 1.05 bits per heavy atom. The molecule has 1 aromatic heterocycles. The molecule has 98 valence electrons. The summed E-state index contributed by atoms with van der Waals surface area (Å²) in [5.41, 5.74) is 4.65. The summed E-state index contributed by atoms with van der Waals surface area (Å²) < 4.78 is 38.9. The summed E-state index contributed by atoms with van der Waals surface area (Å²) in [6, 6.07) is 3.45. The minimum absolute atomic E-state index is 0.107. The summed E-state index contributed by atoms with van der Waals surface area (Å²) in [5.74, 6) is -4.44. The number of aromatic nitrogens is 2. The van der Waals surface area contributed by atoms with Crippen molar-refractivity contribution >= 4 is 17.4 Å². The summed E-state index contributed by atoms with van der Waals surface area (Å²) in [7, 11) is 0. The van der Waals surface area contributed by atoms with E-state index in [2.05, 4.69) is 15.5 Å². The van der Waals surface area contributed by atoms with Crippen LogP contribution in [-0.2, 0) is 0 Å². The van der Waals surface area contributed by atoms with Gasteiger partial charge in [-0.3, -0.25) is 4.79 Å². The number of nitrogens with one attached hydrogen (secondary N) is 1. The highest BCUT2D eigenvalue weighted by Crippen LogP contribution is 2.18. The Labute approximate surface area is 105 Å². The fourth-order valence-electron chi connectivity index (χ4n) is 1.27. The van der Waals surface area contributed by atoms with Crippen molar-refractivity contribution in [3.63, 3.8) is 0 Å². The van der Waals surface area contributed by atoms with E-state index in [1.165, 1.54) is 12.1 Å². The first-order chi connectivity index (χ1) is 8.97. The van der Waals surface area contributed by atoms with Crippen molar-refractivity contribution in [3.8, 4) is 0 Å². The molecule has 0 saturated heterocycles. The van der Waals surface area contributed by atoms with Gasteiger partial charge in [0.25, 0.3) is 5.91 Å². The molecule has 0 fully saturated rings. The number of carbonyl (C=O) groups excluding carboxylic acids is 1. The molecule has 5 nitrogen and oxygen atoms in total. The van der Waals surface area contributed by atoms with E-state index in [9.17, 15) is 18.0 Å². The van der Waals surface area contributed by atoms with Crippen LogP contribution >= 0.6 is 0 Å². The Kier molecular flexibility index (Phi) is 3.32. The zero-order chi connectivity index (χ0) is 14.0. The van der Waals surface area contributed by atoms with Gasteiger partial charge in [-0.1, -0.05) is 0 Å². The lowest BCUT2D eigenvalue weighted by Gasteiger charge is -2.06. The van der Waals surface area contributed by atoms with Crippen molar-refractivity contribution in [2.24, 2.45) is 0 Å². The monoisotopic (exact) mass is 268 g/mol. The van der Waals surface area contributed by atoms with Gasteiger partial charge in [0.15, 0.2) is 17.3 Å². The highest BCUT2D eigenvalue weighted by Gasteiger charge is 2.14. The first-order valence-corrected chi connectivity index (χ1v) is 5.02. The van der Waals surface area contributed by atoms with Gasteiger partial charge in [-0.15, -0.1) is 10.2 Å². The molecule has 0 aliphatic heterocycles. The van der Waals surface area contributed by atoms with Gasteiger partial charge in [-0.2, -0.15) is 0 Å². The number of carbonyl (C=O) groups is 1. The van der Waals surface area contributed by atoms with E-state index < -0.39 is 29.0 Å². The lowest BCUT2D eigenvalue weighted by Crippen LogP contribution is -2.16. The van der Waals surface area contributed by atoms with Crippen LogP contribution in [0.5, 0.6) is 0 Å². The number of hydrogen-bond acceptors (Lipinski definition) is 4. The number of nitrogen functional groups attached to an aromatic ring is 1. The summed E-state index contributed by atoms with van der Waals surface area (Å²) in [6.07, 6.45) is 0. The molecule has 0 atom stereocenters. The molecular weight excluding hydrogens is 261 g/mol. The van der Waals surface area contributed by atoms with Crippen molar-refractivity contribution in [2.75, 3.05) is 11.1 Å². The van der Waals surface area contributed by atoms with Crippen molar-refractivity contribution in [1.82, 2.24) is 10.2 Å². The lowest BCUT2D eigenvalue weighted by molar-refractivity contribution is 0.102. The SMILES string of the molecule is Nc1ccc(C(=O)Nc2cc(F)c(F)cc2F)nn1. The van der Waals surface area contributed by atoms with Crippen molar-refractivity contribution in [3.05, 3.63) is 47.4 Å². The number of nitrogens with zero attached hydrogens (tertiary/aromatic N) is 2. The third-order valence-corrected chi connectivity index (χ3v) is 2.18. The fraction of sp³-hybridized carbons (Fsp3) is 0. The first-order valence-electron chi connectivity index (χ1n) is 5.02. The van der Waals surface area contributed by atoms with Crippen LogP contribution in [0.15, 0.2) is 24.3 Å². The average Bonchev–Trinajstić information content (AvgIpc) is 2.36. The summed E-state index contributed by atoms with van der Waals surface area (Å²) >= 11 is 0. The molecule has 19 heavy (non-hydrogen) atoms. The van der Waals surface area contributed by atoms with Gasteiger partial charge >= 0.3 is 0 Å². The first kappa shape index (κ1) is 12.8. The number of rotatable bonds is 2. The number of anilines is 2. The van der Waals surface area contributed by atoms with Crippen LogP contribution in [0.1, 0.15) is 10.5 Å². The Morgan fingerprint density at radius 2 is 1.74 bits per heavy atom. The molecule has 2 aromatic rings. The molecule has 3 N–H and O–H groups in total. The quantitative estimate of drug-likeness (QED) is 0.813. The molecule has 8 heteroatoms. The van der Waals surface area contributed by atoms with Crippen molar-refractivity contribution < 1.29 is 18.0 Å². The van der Waals surface area contributed by atoms with Crippen molar-refractivity contribution in [2.45, 2.75) is 0 Å². The van der Waals surface area contributed by atoms with Gasteiger partial charge in [-0.25, -0.2) is 13.2 Å². The third-order valence-electron chi connectivity index (χ3n) is 2.18. The minimum Gasteiger partial charge on any atom is -0.382 e. The van der Waals surface area contributed by atoms with Crippen LogP contribution < -0.4 is 11.1 Å². The molecule has 0 spiro atoms. The van der Waals surface area contributed by atoms with Gasteiger partial charge in [0.2, 0.25) is 0 Å². The summed E-state index contributed by atoms with van der Waals surface area (Å²) in [6.45, 7) is 0. The maximum Gasteiger partial charge on any atom is 0.276 e. The summed E-state index contributed by atoms with van der Waals surface area (Å²) in [5, 5.41) is 8.95. The highest BCUT2D eigenvalue weighted by molar-refractivity contribution is 6.02. The fourth-order valence-corrected chi connectivity index (χ4v) is 1.27. The van der Waals surface area contributed by atoms with E-state index in [1.807, 2.05) is 0 Å². The minimum atomic E-state index is -1.34. The van der Waals surface area contributed by atoms with E-state index in [4.69, 9.17) is 5.73 Å². The van der Waals surface area contributed by atoms with Crippen LogP contribution in [0.2, 0.25) is 0 Å². The Balaban J connectivity index is 2.24. The zero-order valence-corrected chi connectivity index (χ0v) is 9.32. The van der Waals surface area contributed by atoms with Crippen molar-refractivity contribution in [1.29, 1.82) is 0 Å². The molecule has 0 aliphatic carbocycles. The van der Waals surface area contributed by atoms with Crippen LogP contribution in [0.3, 0.4) is 0 Å². The van der Waals surface area contributed by atoms with Crippen LogP contribution in [-0.4, -0.2) is 16.1 Å². The Bertz CT molecular complexity index is 631. The molecule has 0 aliphatic rings. The molecule has 1 aromatic carbocycles. The van der Waals surface area contributed by atoms with E-state index in [0.29, 0.717) is 12.1 Å². The van der Waals surface area contributed by atoms with E-state index >= 15 is 0 Å². The Hall–Kier alpha value is -2.64. The van der Waals surface area contributed by atoms with Gasteiger partial charge in [0, 0.05) is 12.1 Å². The number of hydrogen-bond donors (Lipinski definition) is 2. The van der Waals surface area contributed by atoms with Crippen LogP contribution in [0.4, 0.5) is 24.7 Å². The Morgan fingerprint density at radius 3 is 2.37 bits per heavy atom. The molecule has 0 saturated carbocycles. The molecule has 0 bridgehead atoms. The van der Waals surface area contributed by atoms with Gasteiger partial charge in [0.1, 0.15) is 11.6 Å². The predicted molar refractivity (Wildman–Crippen MR) is 60.7 cm³/mol. The third kappa shape index (κ3) is 2.79. The van der Waals surface area contributed by atoms with E-state index in [-0.39, 0.29) is 11.5 Å². The molecule has 0 unspecified atom stereocenters. The maximum absolute atomic E-state index is 13.3. The molecular formula is C11H7F3N4O. The van der Waals surface area contributed by atoms with Crippen LogP contribution in [0.25, 0.3) is 0 Å². The normalized spacial score (nSPS) is 10.3. The number of amides is 1. The average molecular weight is 268 g/mol. The predicted octanol–water partition coefficient (Wildman–Crippen LogP) is 1.73. The molecule has 1 heterocycles. The standard InChI is InChI=1S/C11H7F3N4O/c12-5-3-7(14)9(4-6(5)13)16-11(19)8-1-2-10(15)18-17-8/h1-4H,(H2,15,18)(H,16,19). The molecule has 0 radical (unpaired) electrons. The summed E-state index contributed by atoms with van der Waals surface area (Å²) in [4.78, 5) is 11.6. The zero-order valence-electron chi connectivity index (χ0n) is 9.32. The topological polar surface area (TPSA) is 80.9 Å². The lowest BCUT2D eigenvalue weighted by atomic mass is 10.2. The molecule has 2 rings (SSSR count). The smallest absolute Gasteiger partial charge is 0.276 e. The number of halogens is 3. The number of nitrogens with two attached hydrogens (primary N) is 1. The van der Waals surface area contributed by atoms with Gasteiger partial charge in [-0.05, 0) is 12.1 Å². The van der Waals surface area contributed by atoms with Crippen LogP contribution in [0, 0.1) is 17.5 Å². The highest BCUT2D eigenvalue weighted by atomic mass is 19.2. The second-order valence-electron chi connectivity index (χ2n) is 3.54.